The molecule has 100 valence electrons. The van der Waals surface area contributed by atoms with Crippen molar-refractivity contribution in [2.45, 2.75) is 66.7 Å². The van der Waals surface area contributed by atoms with E-state index in [1.165, 1.54) is 24.8 Å². The van der Waals surface area contributed by atoms with E-state index < -0.39 is 0 Å². The van der Waals surface area contributed by atoms with E-state index in [0.717, 1.165) is 12.8 Å². The van der Waals surface area contributed by atoms with Crippen LogP contribution in [0.1, 0.15) is 66.7 Å². The van der Waals surface area contributed by atoms with Gasteiger partial charge in [-0.3, -0.25) is 0 Å². The Bertz CT molecular complexity index is 248. The monoisotopic (exact) mass is 237 g/mol. The van der Waals surface area contributed by atoms with Crippen molar-refractivity contribution in [1.82, 2.24) is 0 Å². The molecular formula is C16H31N. The summed E-state index contributed by atoms with van der Waals surface area (Å²) in [4.78, 5) is 0. The second kappa shape index (κ2) is 8.52. The molecule has 0 heterocycles. The molecule has 0 atom stereocenters. The van der Waals surface area contributed by atoms with Crippen LogP contribution in [0.2, 0.25) is 0 Å². The van der Waals surface area contributed by atoms with Gasteiger partial charge in [-0.1, -0.05) is 44.1 Å². The number of hydrogen-bond donors (Lipinski definition) is 1. The Morgan fingerprint density at radius 3 is 1.94 bits per heavy atom. The maximum absolute atomic E-state index is 5.50. The summed E-state index contributed by atoms with van der Waals surface area (Å²) in [6.45, 7) is 12.1. The van der Waals surface area contributed by atoms with Crippen molar-refractivity contribution in [3.05, 3.63) is 23.3 Å². The van der Waals surface area contributed by atoms with Gasteiger partial charge in [-0.15, -0.1) is 0 Å². The summed E-state index contributed by atoms with van der Waals surface area (Å²) in [7, 11) is 0. The van der Waals surface area contributed by atoms with Crippen molar-refractivity contribution in [3.8, 4) is 0 Å². The molecular weight excluding hydrogens is 206 g/mol. The van der Waals surface area contributed by atoms with Crippen molar-refractivity contribution in [2.24, 2.45) is 11.1 Å². The average Bonchev–Trinajstić information content (AvgIpc) is 2.32. The first-order chi connectivity index (χ1) is 8.06. The van der Waals surface area contributed by atoms with E-state index in [4.69, 9.17) is 5.73 Å². The lowest BCUT2D eigenvalue weighted by molar-refractivity contribution is 0.313. The van der Waals surface area contributed by atoms with Crippen LogP contribution in [-0.4, -0.2) is 6.54 Å². The molecule has 0 aliphatic rings. The third kappa shape index (κ3) is 5.08. The minimum Gasteiger partial charge on any atom is -0.327 e. The predicted molar refractivity (Wildman–Crippen MR) is 79.1 cm³/mol. The zero-order chi connectivity index (χ0) is 13.3. The van der Waals surface area contributed by atoms with Crippen LogP contribution in [0.15, 0.2) is 23.3 Å². The minimum absolute atomic E-state index is 0.436. The SMILES string of the molecule is CCC(CC)(CC)/C(C)=C/CC/C(C)=C/CN. The van der Waals surface area contributed by atoms with Gasteiger partial charge in [0.1, 0.15) is 0 Å². The molecule has 1 heteroatoms. The molecule has 0 aromatic carbocycles. The molecule has 0 amide bonds. The van der Waals surface area contributed by atoms with E-state index in [-0.39, 0.29) is 0 Å². The van der Waals surface area contributed by atoms with E-state index in [1.807, 2.05) is 0 Å². The molecule has 0 bridgehead atoms. The van der Waals surface area contributed by atoms with Crippen molar-refractivity contribution >= 4 is 0 Å². The van der Waals surface area contributed by atoms with E-state index in [9.17, 15) is 0 Å². The maximum atomic E-state index is 5.50. The smallest absolute Gasteiger partial charge is 0.0109 e. The highest BCUT2D eigenvalue weighted by atomic mass is 14.5. The van der Waals surface area contributed by atoms with Crippen LogP contribution in [-0.2, 0) is 0 Å². The highest BCUT2D eigenvalue weighted by Gasteiger charge is 2.25. The molecule has 1 nitrogen and oxygen atoms in total. The van der Waals surface area contributed by atoms with Crippen LogP contribution in [0.4, 0.5) is 0 Å². The first-order valence-electron chi connectivity index (χ1n) is 7.09. The summed E-state index contributed by atoms with van der Waals surface area (Å²) in [5.74, 6) is 0. The molecule has 0 aromatic heterocycles. The van der Waals surface area contributed by atoms with Gasteiger partial charge < -0.3 is 5.73 Å². The Morgan fingerprint density at radius 1 is 1.00 bits per heavy atom. The predicted octanol–water partition coefficient (Wildman–Crippen LogP) is 4.83. The van der Waals surface area contributed by atoms with Gasteiger partial charge in [0.15, 0.2) is 0 Å². The molecule has 0 rings (SSSR count). The molecule has 0 aliphatic heterocycles. The molecule has 0 spiro atoms. The number of hydrogen-bond acceptors (Lipinski definition) is 1. The van der Waals surface area contributed by atoms with E-state index in [1.54, 1.807) is 5.57 Å². The lowest BCUT2D eigenvalue weighted by atomic mass is 9.73. The maximum Gasteiger partial charge on any atom is 0.0109 e. The van der Waals surface area contributed by atoms with Gasteiger partial charge in [-0.2, -0.15) is 0 Å². The number of nitrogens with two attached hydrogens (primary N) is 1. The van der Waals surface area contributed by atoms with Gasteiger partial charge in [-0.25, -0.2) is 0 Å². The van der Waals surface area contributed by atoms with Gasteiger partial charge in [0, 0.05) is 6.54 Å². The van der Waals surface area contributed by atoms with E-state index in [2.05, 4.69) is 46.8 Å². The largest absolute Gasteiger partial charge is 0.327 e. The van der Waals surface area contributed by atoms with Crippen LogP contribution in [0.3, 0.4) is 0 Å². The van der Waals surface area contributed by atoms with Crippen molar-refractivity contribution in [3.63, 3.8) is 0 Å². The molecule has 0 unspecified atom stereocenters. The Balaban J connectivity index is 4.47. The highest BCUT2D eigenvalue weighted by Crippen LogP contribution is 2.38. The lowest BCUT2D eigenvalue weighted by Gasteiger charge is -2.32. The fraction of sp³-hybridized carbons (Fsp3) is 0.750. The van der Waals surface area contributed by atoms with Gasteiger partial charge in [-0.05, 0) is 51.4 Å². The molecule has 0 aliphatic carbocycles. The summed E-state index contributed by atoms with van der Waals surface area (Å²) in [5.41, 5.74) is 8.92. The fourth-order valence-electron chi connectivity index (χ4n) is 2.62. The Labute approximate surface area is 108 Å². The highest BCUT2D eigenvalue weighted by molar-refractivity contribution is 5.12. The standard InChI is InChI=1S/C16H31N/c1-6-16(7-2,8-3)15(5)11-9-10-14(4)12-13-17/h11-12H,6-10,13,17H2,1-5H3/b14-12+,15-11+. The molecule has 0 aromatic rings. The summed E-state index contributed by atoms with van der Waals surface area (Å²) in [6.07, 6.45) is 10.6. The Morgan fingerprint density at radius 2 is 1.53 bits per heavy atom. The second-order valence-electron chi connectivity index (χ2n) is 5.05. The van der Waals surface area contributed by atoms with Crippen LogP contribution in [0.5, 0.6) is 0 Å². The lowest BCUT2D eigenvalue weighted by Crippen LogP contribution is -2.19. The number of allylic oxidation sites excluding steroid dienone is 3. The summed E-state index contributed by atoms with van der Waals surface area (Å²) in [6, 6.07) is 0. The van der Waals surface area contributed by atoms with Crippen molar-refractivity contribution in [1.29, 1.82) is 0 Å². The van der Waals surface area contributed by atoms with Gasteiger partial charge in [0.05, 0.1) is 0 Å². The summed E-state index contributed by atoms with van der Waals surface area (Å²) in [5, 5.41) is 0. The molecule has 0 saturated heterocycles. The minimum atomic E-state index is 0.436. The van der Waals surface area contributed by atoms with Gasteiger partial charge in [0.2, 0.25) is 0 Å². The van der Waals surface area contributed by atoms with Crippen LogP contribution in [0.25, 0.3) is 0 Å². The van der Waals surface area contributed by atoms with Crippen LogP contribution >= 0.6 is 0 Å². The average molecular weight is 237 g/mol. The molecule has 0 fully saturated rings. The van der Waals surface area contributed by atoms with Crippen molar-refractivity contribution in [2.75, 3.05) is 6.54 Å². The first kappa shape index (κ1) is 16.4. The van der Waals surface area contributed by atoms with Crippen molar-refractivity contribution < 1.29 is 0 Å². The van der Waals surface area contributed by atoms with E-state index in [0.29, 0.717) is 12.0 Å². The third-order valence-electron chi connectivity index (χ3n) is 4.32. The van der Waals surface area contributed by atoms with Crippen LogP contribution in [0, 0.1) is 5.41 Å². The Kier molecular flexibility index (Phi) is 8.24. The molecule has 0 saturated carbocycles. The molecule has 2 N–H and O–H groups in total. The molecule has 17 heavy (non-hydrogen) atoms. The zero-order valence-corrected chi connectivity index (χ0v) is 12.5. The second-order valence-corrected chi connectivity index (χ2v) is 5.05. The Hall–Kier alpha value is -0.560. The normalized spacial score (nSPS) is 14.2. The zero-order valence-electron chi connectivity index (χ0n) is 12.5. The quantitative estimate of drug-likeness (QED) is 0.601. The van der Waals surface area contributed by atoms with E-state index >= 15 is 0 Å². The van der Waals surface area contributed by atoms with Gasteiger partial charge in [0.25, 0.3) is 0 Å². The fourth-order valence-corrected chi connectivity index (χ4v) is 2.62. The topological polar surface area (TPSA) is 26.0 Å². The third-order valence-corrected chi connectivity index (χ3v) is 4.32. The van der Waals surface area contributed by atoms with Gasteiger partial charge >= 0.3 is 0 Å². The molecule has 0 radical (unpaired) electrons. The summed E-state index contributed by atoms with van der Waals surface area (Å²) < 4.78 is 0. The number of rotatable bonds is 8. The first-order valence-corrected chi connectivity index (χ1v) is 7.09. The van der Waals surface area contributed by atoms with Crippen LogP contribution < -0.4 is 5.73 Å². The summed E-state index contributed by atoms with van der Waals surface area (Å²) >= 11 is 0.